The third-order valence-electron chi connectivity index (χ3n) is 2.38. The van der Waals surface area contributed by atoms with Crippen molar-refractivity contribution < 1.29 is 0 Å². The van der Waals surface area contributed by atoms with Crippen molar-refractivity contribution in [3.63, 3.8) is 0 Å². The van der Waals surface area contributed by atoms with Crippen LogP contribution in [0.25, 0.3) is 0 Å². The van der Waals surface area contributed by atoms with Gasteiger partial charge in [0.15, 0.2) is 0 Å². The lowest BCUT2D eigenvalue weighted by atomic mass is 10.0. The van der Waals surface area contributed by atoms with Crippen molar-refractivity contribution in [2.45, 2.75) is 26.3 Å². The van der Waals surface area contributed by atoms with Gasteiger partial charge in [0.1, 0.15) is 0 Å². The van der Waals surface area contributed by atoms with E-state index in [0.717, 1.165) is 25.9 Å². The number of aryl methyl sites for hydroxylation is 1. The highest BCUT2D eigenvalue weighted by molar-refractivity contribution is 5.27. The highest BCUT2D eigenvalue weighted by Crippen LogP contribution is 2.12. The van der Waals surface area contributed by atoms with E-state index in [1.54, 1.807) is 0 Å². The van der Waals surface area contributed by atoms with Gasteiger partial charge in [0.05, 0.1) is 0 Å². The fraction of sp³-hybridized carbons (Fsp3) is 0.500. The summed E-state index contributed by atoms with van der Waals surface area (Å²) in [4.78, 5) is 4.45. The Morgan fingerprint density at radius 1 is 1.58 bits per heavy atom. The molecule has 0 saturated heterocycles. The molecule has 1 aliphatic heterocycles. The van der Waals surface area contributed by atoms with Gasteiger partial charge in [-0.25, -0.2) is 0 Å². The first-order chi connectivity index (χ1) is 5.90. The van der Waals surface area contributed by atoms with E-state index in [1.807, 2.05) is 6.20 Å². The number of nitrogens with one attached hydrogen (secondary N) is 1. The van der Waals surface area contributed by atoms with Crippen LogP contribution in [0.5, 0.6) is 0 Å². The standard InChI is InChI=1S/C10H14N2/c1-2-8-5-9-7-11-4-3-10(9)12-6-8/h5-6,11H,2-4,7H2,1H3. The first-order valence-corrected chi connectivity index (χ1v) is 4.57. The van der Waals surface area contributed by atoms with Gasteiger partial charge in [0.25, 0.3) is 0 Å². The molecular formula is C10H14N2. The van der Waals surface area contributed by atoms with Crippen LogP contribution in [-0.2, 0) is 19.4 Å². The number of pyridine rings is 1. The van der Waals surface area contributed by atoms with Crippen LogP contribution in [0, 0.1) is 0 Å². The van der Waals surface area contributed by atoms with Crippen molar-refractivity contribution in [3.8, 4) is 0 Å². The van der Waals surface area contributed by atoms with Crippen LogP contribution in [0.1, 0.15) is 23.7 Å². The van der Waals surface area contributed by atoms with Gasteiger partial charge in [0.2, 0.25) is 0 Å². The van der Waals surface area contributed by atoms with E-state index >= 15 is 0 Å². The molecular weight excluding hydrogens is 148 g/mol. The molecule has 0 saturated carbocycles. The van der Waals surface area contributed by atoms with E-state index in [-0.39, 0.29) is 0 Å². The number of fused-ring (bicyclic) bond motifs is 1. The summed E-state index contributed by atoms with van der Waals surface area (Å²) < 4.78 is 0. The second-order valence-electron chi connectivity index (χ2n) is 3.23. The third kappa shape index (κ3) is 1.34. The van der Waals surface area contributed by atoms with Crippen LogP contribution in [0.3, 0.4) is 0 Å². The largest absolute Gasteiger partial charge is 0.312 e. The molecule has 0 aromatic carbocycles. The second-order valence-corrected chi connectivity index (χ2v) is 3.23. The fourth-order valence-electron chi connectivity index (χ4n) is 1.59. The Bertz CT molecular complexity index is 281. The molecule has 0 atom stereocenters. The lowest BCUT2D eigenvalue weighted by Crippen LogP contribution is -2.24. The molecule has 1 aliphatic rings. The Labute approximate surface area is 73.0 Å². The van der Waals surface area contributed by atoms with E-state index in [4.69, 9.17) is 0 Å². The number of rotatable bonds is 1. The minimum atomic E-state index is 0.996. The summed E-state index contributed by atoms with van der Waals surface area (Å²) in [7, 11) is 0. The molecule has 0 aliphatic carbocycles. The van der Waals surface area contributed by atoms with Gasteiger partial charge in [-0.05, 0) is 17.5 Å². The molecule has 0 bridgehead atoms. The molecule has 0 radical (unpaired) electrons. The van der Waals surface area contributed by atoms with Crippen LogP contribution in [0.15, 0.2) is 12.3 Å². The summed E-state index contributed by atoms with van der Waals surface area (Å²) >= 11 is 0. The molecule has 2 heterocycles. The van der Waals surface area contributed by atoms with Crippen LogP contribution >= 0.6 is 0 Å². The average Bonchev–Trinajstić information content (AvgIpc) is 2.17. The molecule has 2 heteroatoms. The number of aromatic nitrogens is 1. The molecule has 0 fully saturated rings. The zero-order valence-corrected chi connectivity index (χ0v) is 7.43. The van der Waals surface area contributed by atoms with Gasteiger partial charge in [-0.1, -0.05) is 13.0 Å². The smallest absolute Gasteiger partial charge is 0.0461 e. The number of hydrogen-bond acceptors (Lipinski definition) is 2. The Morgan fingerprint density at radius 2 is 2.50 bits per heavy atom. The van der Waals surface area contributed by atoms with Crippen molar-refractivity contribution in [1.29, 1.82) is 0 Å². The quantitative estimate of drug-likeness (QED) is 0.673. The summed E-state index contributed by atoms with van der Waals surface area (Å²) in [5.74, 6) is 0. The van der Waals surface area contributed by atoms with Crippen LogP contribution in [-0.4, -0.2) is 11.5 Å². The van der Waals surface area contributed by atoms with E-state index in [0.29, 0.717) is 0 Å². The zero-order valence-electron chi connectivity index (χ0n) is 7.43. The van der Waals surface area contributed by atoms with E-state index in [1.165, 1.54) is 16.8 Å². The molecule has 1 aromatic heterocycles. The van der Waals surface area contributed by atoms with Gasteiger partial charge in [-0.2, -0.15) is 0 Å². The Kier molecular flexibility index (Phi) is 2.09. The summed E-state index contributed by atoms with van der Waals surface area (Å²) in [6.07, 6.45) is 4.17. The lowest BCUT2D eigenvalue weighted by Gasteiger charge is -2.16. The normalized spacial score (nSPS) is 15.8. The van der Waals surface area contributed by atoms with Crippen molar-refractivity contribution >= 4 is 0 Å². The van der Waals surface area contributed by atoms with Crippen LogP contribution in [0.4, 0.5) is 0 Å². The minimum Gasteiger partial charge on any atom is -0.312 e. The fourth-order valence-corrected chi connectivity index (χ4v) is 1.59. The number of nitrogens with zero attached hydrogens (tertiary/aromatic N) is 1. The van der Waals surface area contributed by atoms with E-state index in [9.17, 15) is 0 Å². The summed E-state index contributed by atoms with van der Waals surface area (Å²) in [6, 6.07) is 2.27. The third-order valence-corrected chi connectivity index (χ3v) is 2.38. The first-order valence-electron chi connectivity index (χ1n) is 4.57. The Morgan fingerprint density at radius 3 is 3.33 bits per heavy atom. The van der Waals surface area contributed by atoms with Gasteiger partial charge in [-0.3, -0.25) is 4.98 Å². The molecule has 1 aromatic rings. The lowest BCUT2D eigenvalue weighted by molar-refractivity contribution is 0.629. The SMILES string of the molecule is CCc1cnc2c(c1)CNCC2. The van der Waals surface area contributed by atoms with Crippen molar-refractivity contribution in [2.75, 3.05) is 6.54 Å². The van der Waals surface area contributed by atoms with Gasteiger partial charge < -0.3 is 5.32 Å². The van der Waals surface area contributed by atoms with Crippen LogP contribution < -0.4 is 5.32 Å². The topological polar surface area (TPSA) is 24.9 Å². The molecule has 0 amide bonds. The number of hydrogen-bond donors (Lipinski definition) is 1. The van der Waals surface area contributed by atoms with Gasteiger partial charge >= 0.3 is 0 Å². The van der Waals surface area contributed by atoms with Crippen molar-refractivity contribution in [2.24, 2.45) is 0 Å². The molecule has 64 valence electrons. The Hall–Kier alpha value is -0.890. The molecule has 2 rings (SSSR count). The van der Waals surface area contributed by atoms with E-state index in [2.05, 4.69) is 23.3 Å². The van der Waals surface area contributed by atoms with Gasteiger partial charge in [-0.15, -0.1) is 0 Å². The molecule has 12 heavy (non-hydrogen) atoms. The second kappa shape index (κ2) is 3.23. The summed E-state index contributed by atoms with van der Waals surface area (Å²) in [6.45, 7) is 4.24. The van der Waals surface area contributed by atoms with E-state index < -0.39 is 0 Å². The summed E-state index contributed by atoms with van der Waals surface area (Å²) in [5, 5.41) is 3.35. The molecule has 0 spiro atoms. The highest BCUT2D eigenvalue weighted by Gasteiger charge is 2.09. The zero-order chi connectivity index (χ0) is 8.39. The Balaban J connectivity index is 2.36. The minimum absolute atomic E-state index is 0.996. The maximum Gasteiger partial charge on any atom is 0.0461 e. The maximum atomic E-state index is 4.45. The predicted octanol–water partition coefficient (Wildman–Crippen LogP) is 1.29. The van der Waals surface area contributed by atoms with Crippen molar-refractivity contribution in [3.05, 3.63) is 29.1 Å². The first kappa shape index (κ1) is 7.74. The maximum absolute atomic E-state index is 4.45. The van der Waals surface area contributed by atoms with Crippen molar-refractivity contribution in [1.82, 2.24) is 10.3 Å². The monoisotopic (exact) mass is 162 g/mol. The van der Waals surface area contributed by atoms with Gasteiger partial charge in [0, 0.05) is 31.4 Å². The molecule has 0 unspecified atom stereocenters. The molecule has 2 nitrogen and oxygen atoms in total. The molecule has 1 N–H and O–H groups in total. The highest BCUT2D eigenvalue weighted by atomic mass is 14.9. The van der Waals surface area contributed by atoms with Crippen LogP contribution in [0.2, 0.25) is 0 Å². The predicted molar refractivity (Wildman–Crippen MR) is 49.0 cm³/mol. The average molecular weight is 162 g/mol. The summed E-state index contributed by atoms with van der Waals surface area (Å²) in [5.41, 5.74) is 4.02.